The van der Waals surface area contributed by atoms with E-state index in [1.165, 1.54) is 6.26 Å². The van der Waals surface area contributed by atoms with Gasteiger partial charge >= 0.3 is 6.03 Å². The van der Waals surface area contributed by atoms with Gasteiger partial charge in [0.2, 0.25) is 0 Å². The van der Waals surface area contributed by atoms with Gasteiger partial charge < -0.3 is 24.6 Å². The van der Waals surface area contributed by atoms with Crippen LogP contribution in [0.1, 0.15) is 42.7 Å². The second-order valence-electron chi connectivity index (χ2n) is 5.67. The van der Waals surface area contributed by atoms with Crippen molar-refractivity contribution in [2.24, 2.45) is 0 Å². The molecule has 22 heavy (non-hydrogen) atoms. The molecule has 0 aromatic carbocycles. The monoisotopic (exact) mass is 306 g/mol. The van der Waals surface area contributed by atoms with Crippen molar-refractivity contribution in [3.63, 3.8) is 0 Å². The Labute approximate surface area is 129 Å². The molecular weight excluding hydrogens is 284 g/mol. The lowest BCUT2D eigenvalue weighted by Crippen LogP contribution is -2.44. The molecule has 2 amide bonds. The number of aryl methyl sites for hydroxylation is 2. The zero-order valence-electron chi connectivity index (χ0n) is 13.3. The van der Waals surface area contributed by atoms with E-state index in [-0.39, 0.29) is 18.6 Å². The van der Waals surface area contributed by atoms with Gasteiger partial charge in [-0.25, -0.2) is 4.79 Å². The number of rotatable bonds is 5. The predicted octanol–water partition coefficient (Wildman–Crippen LogP) is 2.76. The molecule has 2 heterocycles. The number of urea groups is 1. The van der Waals surface area contributed by atoms with Gasteiger partial charge in [-0.05, 0) is 45.9 Å². The predicted molar refractivity (Wildman–Crippen MR) is 81.4 cm³/mol. The van der Waals surface area contributed by atoms with Crippen LogP contribution < -0.4 is 10.6 Å². The van der Waals surface area contributed by atoms with Crippen LogP contribution in [0.3, 0.4) is 0 Å². The summed E-state index contributed by atoms with van der Waals surface area (Å²) in [6.45, 7) is 7.23. The van der Waals surface area contributed by atoms with Crippen LogP contribution in [-0.2, 0) is 5.60 Å². The number of nitrogens with one attached hydrogen (secondary N) is 2. The molecule has 2 aromatic heterocycles. The van der Waals surface area contributed by atoms with Crippen molar-refractivity contribution in [3.05, 3.63) is 47.3 Å². The van der Waals surface area contributed by atoms with Crippen molar-refractivity contribution in [1.82, 2.24) is 10.6 Å². The molecule has 0 aliphatic rings. The van der Waals surface area contributed by atoms with Gasteiger partial charge in [0.05, 0.1) is 18.8 Å². The second kappa shape index (κ2) is 6.27. The summed E-state index contributed by atoms with van der Waals surface area (Å²) in [7, 11) is 0. The Morgan fingerprint density at radius 2 is 2.18 bits per heavy atom. The van der Waals surface area contributed by atoms with Crippen LogP contribution in [0.4, 0.5) is 4.79 Å². The van der Waals surface area contributed by atoms with Crippen LogP contribution in [0, 0.1) is 13.8 Å². The minimum absolute atomic E-state index is 0.0441. The summed E-state index contributed by atoms with van der Waals surface area (Å²) in [6.07, 6.45) is 1.48. The summed E-state index contributed by atoms with van der Waals surface area (Å²) in [5.41, 5.74) is -0.322. The highest BCUT2D eigenvalue weighted by Crippen LogP contribution is 2.22. The zero-order chi connectivity index (χ0) is 16.3. The third kappa shape index (κ3) is 3.71. The van der Waals surface area contributed by atoms with Gasteiger partial charge in [0.25, 0.3) is 0 Å². The van der Waals surface area contributed by atoms with Crippen molar-refractivity contribution < 1.29 is 18.7 Å². The van der Waals surface area contributed by atoms with Gasteiger partial charge in [0.15, 0.2) is 0 Å². The summed E-state index contributed by atoms with van der Waals surface area (Å²) < 4.78 is 10.6. The second-order valence-corrected chi connectivity index (χ2v) is 5.67. The summed E-state index contributed by atoms with van der Waals surface area (Å²) in [4.78, 5) is 12.0. The van der Waals surface area contributed by atoms with Crippen molar-refractivity contribution in [2.75, 3.05) is 6.54 Å². The number of hydrogen-bond donors (Lipinski definition) is 3. The number of carbonyl (C=O) groups excluding carboxylic acids is 1. The molecule has 0 aliphatic carbocycles. The van der Waals surface area contributed by atoms with E-state index in [0.717, 1.165) is 17.1 Å². The lowest BCUT2D eigenvalue weighted by molar-refractivity contribution is 0.0366. The fourth-order valence-electron chi connectivity index (χ4n) is 2.33. The van der Waals surface area contributed by atoms with E-state index in [2.05, 4.69) is 10.6 Å². The fourth-order valence-corrected chi connectivity index (χ4v) is 2.33. The van der Waals surface area contributed by atoms with Gasteiger partial charge in [-0.3, -0.25) is 0 Å². The average molecular weight is 306 g/mol. The van der Waals surface area contributed by atoms with E-state index in [9.17, 15) is 9.90 Å². The summed E-state index contributed by atoms with van der Waals surface area (Å²) in [6, 6.07) is 4.71. The van der Waals surface area contributed by atoms with Crippen LogP contribution in [-0.4, -0.2) is 17.7 Å². The van der Waals surface area contributed by atoms with Gasteiger partial charge in [0.1, 0.15) is 22.9 Å². The fraction of sp³-hybridized carbons (Fsp3) is 0.438. The van der Waals surface area contributed by atoms with Crippen molar-refractivity contribution >= 4 is 6.03 Å². The molecule has 2 rings (SSSR count). The summed E-state index contributed by atoms with van der Waals surface area (Å²) in [5.74, 6) is 2.00. The van der Waals surface area contributed by atoms with Gasteiger partial charge in [0, 0.05) is 5.56 Å². The molecule has 0 radical (unpaired) electrons. The molecule has 0 fully saturated rings. The minimum Gasteiger partial charge on any atom is -0.466 e. The van der Waals surface area contributed by atoms with Crippen LogP contribution in [0.15, 0.2) is 33.3 Å². The number of carbonyl (C=O) groups is 1. The maximum atomic E-state index is 12.0. The number of furan rings is 2. The number of amides is 2. The minimum atomic E-state index is -1.26. The van der Waals surface area contributed by atoms with E-state index in [1.807, 2.05) is 26.8 Å². The van der Waals surface area contributed by atoms with Crippen molar-refractivity contribution in [3.8, 4) is 0 Å². The molecular formula is C16H22N2O4. The Bertz CT molecular complexity index is 629. The highest BCUT2D eigenvalue weighted by molar-refractivity contribution is 5.74. The highest BCUT2D eigenvalue weighted by Gasteiger charge is 2.27. The van der Waals surface area contributed by atoms with E-state index in [0.29, 0.717) is 5.76 Å². The average Bonchev–Trinajstić information content (AvgIpc) is 3.06. The first-order chi connectivity index (χ1) is 10.3. The van der Waals surface area contributed by atoms with E-state index >= 15 is 0 Å². The van der Waals surface area contributed by atoms with Gasteiger partial charge in [-0.2, -0.15) is 0 Å². The molecule has 2 atom stereocenters. The summed E-state index contributed by atoms with van der Waals surface area (Å²) >= 11 is 0. The Morgan fingerprint density at radius 1 is 1.45 bits per heavy atom. The van der Waals surface area contributed by atoms with E-state index < -0.39 is 5.60 Å². The van der Waals surface area contributed by atoms with Crippen molar-refractivity contribution in [1.29, 1.82) is 0 Å². The smallest absolute Gasteiger partial charge is 0.315 e. The lowest BCUT2D eigenvalue weighted by Gasteiger charge is -2.22. The maximum absolute atomic E-state index is 12.0. The SMILES string of the molecule is Cc1cc([C@@H](C)NC(=O)NC[C@@](C)(O)c2ccco2)c(C)o1. The molecule has 3 N–H and O–H groups in total. The molecule has 2 aromatic rings. The largest absolute Gasteiger partial charge is 0.466 e. The van der Waals surface area contributed by atoms with Crippen LogP contribution >= 0.6 is 0 Å². The molecule has 120 valence electrons. The molecule has 0 saturated heterocycles. The van der Waals surface area contributed by atoms with Crippen molar-refractivity contribution in [2.45, 2.75) is 39.3 Å². The quantitative estimate of drug-likeness (QED) is 0.792. The Kier molecular flexibility index (Phi) is 4.61. The number of hydrogen-bond acceptors (Lipinski definition) is 4. The normalized spacial score (nSPS) is 15.1. The third-order valence-electron chi connectivity index (χ3n) is 3.54. The zero-order valence-corrected chi connectivity index (χ0v) is 13.3. The van der Waals surface area contributed by atoms with Gasteiger partial charge in [-0.1, -0.05) is 0 Å². The van der Waals surface area contributed by atoms with Crippen LogP contribution in [0.2, 0.25) is 0 Å². The van der Waals surface area contributed by atoms with Crippen LogP contribution in [0.5, 0.6) is 0 Å². The van der Waals surface area contributed by atoms with E-state index in [4.69, 9.17) is 8.83 Å². The number of aliphatic hydroxyl groups is 1. The third-order valence-corrected chi connectivity index (χ3v) is 3.54. The Morgan fingerprint density at radius 3 is 2.73 bits per heavy atom. The Balaban J connectivity index is 1.89. The highest BCUT2D eigenvalue weighted by atomic mass is 16.4. The molecule has 6 heteroatoms. The molecule has 6 nitrogen and oxygen atoms in total. The van der Waals surface area contributed by atoms with Gasteiger partial charge in [-0.15, -0.1) is 0 Å². The molecule has 0 saturated carbocycles. The summed E-state index contributed by atoms with van der Waals surface area (Å²) in [5, 5.41) is 15.7. The molecule has 0 aliphatic heterocycles. The first-order valence-electron chi connectivity index (χ1n) is 7.17. The first-order valence-corrected chi connectivity index (χ1v) is 7.17. The topological polar surface area (TPSA) is 87.6 Å². The standard InChI is InChI=1S/C16H22N2O4/c1-10-8-13(12(3)22-10)11(2)18-15(19)17-9-16(4,20)14-6-5-7-21-14/h5-8,11,20H,9H2,1-4H3,(H2,17,18,19)/t11-,16-/m1/s1. The Hall–Kier alpha value is -2.21. The van der Waals surface area contributed by atoms with E-state index in [1.54, 1.807) is 19.1 Å². The molecule has 0 bridgehead atoms. The maximum Gasteiger partial charge on any atom is 0.315 e. The first kappa shape index (κ1) is 16.2. The molecule has 0 unspecified atom stereocenters. The lowest BCUT2D eigenvalue weighted by atomic mass is 10.0. The van der Waals surface area contributed by atoms with Crippen LogP contribution in [0.25, 0.3) is 0 Å². The molecule has 0 spiro atoms.